The van der Waals surface area contributed by atoms with Gasteiger partial charge >= 0.3 is 6.18 Å². The number of benzene rings is 3. The fourth-order valence-electron chi connectivity index (χ4n) is 6.24. The van der Waals surface area contributed by atoms with Crippen molar-refractivity contribution in [3.05, 3.63) is 107 Å². The van der Waals surface area contributed by atoms with Crippen molar-refractivity contribution in [1.82, 2.24) is 10.2 Å². The van der Waals surface area contributed by atoms with Crippen molar-refractivity contribution in [3.8, 4) is 0 Å². The quantitative estimate of drug-likeness (QED) is 0.314. The molecule has 3 aromatic rings. The van der Waals surface area contributed by atoms with Gasteiger partial charge in [0.2, 0.25) is 5.91 Å². The summed E-state index contributed by atoms with van der Waals surface area (Å²) in [6.07, 6.45) is -1.74. The Labute approximate surface area is 225 Å². The molecule has 2 aliphatic rings. The van der Waals surface area contributed by atoms with Gasteiger partial charge in [0.05, 0.1) is 5.56 Å². The molecule has 206 valence electrons. The van der Waals surface area contributed by atoms with Gasteiger partial charge in [0, 0.05) is 38.0 Å². The van der Waals surface area contributed by atoms with Crippen LogP contribution in [-0.2, 0) is 17.5 Å². The lowest BCUT2D eigenvalue weighted by atomic mass is 9.87. The van der Waals surface area contributed by atoms with Crippen LogP contribution in [0.1, 0.15) is 53.9 Å². The molecule has 5 rings (SSSR count). The van der Waals surface area contributed by atoms with Crippen LogP contribution < -0.4 is 5.32 Å². The Bertz CT molecular complexity index is 1230. The molecular weight excluding hydrogens is 511 g/mol. The molecule has 1 N–H and O–H groups in total. The van der Waals surface area contributed by atoms with Crippen LogP contribution in [0.25, 0.3) is 0 Å². The van der Waals surface area contributed by atoms with Crippen molar-refractivity contribution in [1.29, 1.82) is 0 Å². The molecule has 0 bridgehead atoms. The summed E-state index contributed by atoms with van der Waals surface area (Å²) < 4.78 is 66.3. The molecule has 0 aromatic heterocycles. The first-order chi connectivity index (χ1) is 18.7. The van der Waals surface area contributed by atoms with Crippen LogP contribution in [0, 0.1) is 23.5 Å². The number of fused-ring (bicyclic) bond motifs is 1. The summed E-state index contributed by atoms with van der Waals surface area (Å²) in [4.78, 5) is 15.2. The first-order valence-electron chi connectivity index (χ1n) is 13.3. The van der Waals surface area contributed by atoms with E-state index in [2.05, 4.69) is 10.2 Å². The third-order valence-corrected chi connectivity index (χ3v) is 8.14. The zero-order valence-electron chi connectivity index (χ0n) is 21.4. The van der Waals surface area contributed by atoms with E-state index < -0.39 is 11.7 Å². The van der Waals surface area contributed by atoms with Gasteiger partial charge in [-0.1, -0.05) is 42.5 Å². The molecule has 3 atom stereocenters. The zero-order chi connectivity index (χ0) is 27.6. The first-order valence-corrected chi connectivity index (χ1v) is 13.3. The van der Waals surface area contributed by atoms with Gasteiger partial charge in [-0.15, -0.1) is 0 Å². The number of nitrogens with zero attached hydrogens (tertiary/aromatic N) is 1. The number of amides is 1. The van der Waals surface area contributed by atoms with Crippen molar-refractivity contribution in [2.75, 3.05) is 13.1 Å². The Kier molecular flexibility index (Phi) is 8.03. The topological polar surface area (TPSA) is 32.3 Å². The Morgan fingerprint density at radius 3 is 2.15 bits per heavy atom. The van der Waals surface area contributed by atoms with Gasteiger partial charge in [-0.3, -0.25) is 9.69 Å². The lowest BCUT2D eigenvalue weighted by Crippen LogP contribution is -2.39. The van der Waals surface area contributed by atoms with Crippen LogP contribution in [0.2, 0.25) is 0 Å². The summed E-state index contributed by atoms with van der Waals surface area (Å²) in [6.45, 7) is 2.00. The molecule has 3 nitrogen and oxygen atoms in total. The van der Waals surface area contributed by atoms with Crippen molar-refractivity contribution in [2.24, 2.45) is 11.8 Å². The maximum atomic E-state index is 13.5. The van der Waals surface area contributed by atoms with E-state index in [9.17, 15) is 26.7 Å². The highest BCUT2D eigenvalue weighted by atomic mass is 19.4. The third-order valence-electron chi connectivity index (χ3n) is 8.14. The minimum absolute atomic E-state index is 0.0316. The molecule has 1 saturated heterocycles. The van der Waals surface area contributed by atoms with E-state index in [0.29, 0.717) is 24.4 Å². The highest BCUT2D eigenvalue weighted by molar-refractivity contribution is 5.76. The number of halogens is 5. The lowest BCUT2D eigenvalue weighted by Gasteiger charge is -2.23. The van der Waals surface area contributed by atoms with E-state index in [1.54, 1.807) is 30.3 Å². The second kappa shape index (κ2) is 11.5. The molecule has 1 aliphatic heterocycles. The molecule has 3 aromatic carbocycles. The molecule has 0 spiro atoms. The summed E-state index contributed by atoms with van der Waals surface area (Å²) in [5, 5.41) is 3.21. The van der Waals surface area contributed by atoms with Crippen LogP contribution in [0.3, 0.4) is 0 Å². The van der Waals surface area contributed by atoms with E-state index >= 15 is 0 Å². The molecule has 8 heteroatoms. The molecule has 0 radical (unpaired) electrons. The zero-order valence-corrected chi connectivity index (χ0v) is 21.4. The highest BCUT2D eigenvalue weighted by Crippen LogP contribution is 2.39. The van der Waals surface area contributed by atoms with Gasteiger partial charge in [-0.2, -0.15) is 13.2 Å². The first kappa shape index (κ1) is 27.3. The molecule has 2 fully saturated rings. The van der Waals surface area contributed by atoms with E-state index in [1.807, 2.05) is 0 Å². The Balaban J connectivity index is 1.18. The number of nitrogens with one attached hydrogen (secondary N) is 1. The number of alkyl halides is 3. The molecular formula is C31H31F5N2O. The number of rotatable bonds is 8. The summed E-state index contributed by atoms with van der Waals surface area (Å²) in [5.74, 6) is -0.251. The third kappa shape index (κ3) is 6.67. The predicted octanol–water partition coefficient (Wildman–Crippen LogP) is 6.92. The van der Waals surface area contributed by atoms with Crippen LogP contribution in [-0.4, -0.2) is 29.9 Å². The second-order valence-electron chi connectivity index (χ2n) is 10.8. The van der Waals surface area contributed by atoms with E-state index in [1.165, 1.54) is 36.4 Å². The fraction of sp³-hybridized carbons (Fsp3) is 0.387. The minimum atomic E-state index is -4.36. The summed E-state index contributed by atoms with van der Waals surface area (Å²) in [5.41, 5.74) is 1.72. The van der Waals surface area contributed by atoms with Crippen molar-refractivity contribution < 1.29 is 26.7 Å². The van der Waals surface area contributed by atoms with E-state index in [4.69, 9.17) is 0 Å². The number of likely N-dealkylation sites (tertiary alicyclic amines) is 1. The Morgan fingerprint density at radius 2 is 1.54 bits per heavy atom. The highest BCUT2D eigenvalue weighted by Gasteiger charge is 2.43. The van der Waals surface area contributed by atoms with Gasteiger partial charge < -0.3 is 5.32 Å². The second-order valence-corrected chi connectivity index (χ2v) is 10.8. The molecule has 1 heterocycles. The summed E-state index contributed by atoms with van der Waals surface area (Å²) >= 11 is 0. The number of carbonyl (C=O) groups excluding carboxylic acids is 1. The Hall–Kier alpha value is -3.26. The SMILES string of the molecule is O=C(CCC(c1ccc(F)cc1)c1ccc(F)cc1)N[C@H]1CC[C@H]2CN(Cc3cccc(C(F)(F)F)c3)C[C@H]21. The van der Waals surface area contributed by atoms with Gasteiger partial charge in [0.25, 0.3) is 0 Å². The monoisotopic (exact) mass is 542 g/mol. The smallest absolute Gasteiger partial charge is 0.353 e. The lowest BCUT2D eigenvalue weighted by molar-refractivity contribution is -0.137. The van der Waals surface area contributed by atoms with Crippen LogP contribution >= 0.6 is 0 Å². The van der Waals surface area contributed by atoms with Crippen LogP contribution in [0.15, 0.2) is 72.8 Å². The maximum Gasteiger partial charge on any atom is 0.416 e. The normalized spacial score (nSPS) is 21.3. The molecule has 1 amide bonds. The van der Waals surface area contributed by atoms with Gasteiger partial charge in [0.15, 0.2) is 0 Å². The average Bonchev–Trinajstić information content (AvgIpc) is 3.46. The van der Waals surface area contributed by atoms with Crippen molar-refractivity contribution in [3.63, 3.8) is 0 Å². The van der Waals surface area contributed by atoms with Gasteiger partial charge in [-0.25, -0.2) is 8.78 Å². The van der Waals surface area contributed by atoms with Crippen LogP contribution in [0.5, 0.6) is 0 Å². The van der Waals surface area contributed by atoms with E-state index in [-0.39, 0.29) is 41.8 Å². The number of hydrogen-bond acceptors (Lipinski definition) is 2. The maximum absolute atomic E-state index is 13.5. The fourth-order valence-corrected chi connectivity index (χ4v) is 6.24. The van der Waals surface area contributed by atoms with Gasteiger partial charge in [-0.05, 0) is 78.1 Å². The standard InChI is InChI=1S/C31H31F5N2O/c32-25-9-4-21(5-10-25)27(22-6-11-26(33)12-7-22)13-15-30(39)37-29-14-8-23-18-38(19-28(23)29)17-20-2-1-3-24(16-20)31(34,35)36/h1-7,9-12,16,23,27-29H,8,13-15,17-19H2,(H,37,39)/t23-,28+,29-/m0/s1. The Morgan fingerprint density at radius 1 is 0.897 bits per heavy atom. The average molecular weight is 543 g/mol. The van der Waals surface area contributed by atoms with Gasteiger partial charge in [0.1, 0.15) is 11.6 Å². The van der Waals surface area contributed by atoms with E-state index in [0.717, 1.165) is 43.1 Å². The summed E-state index contributed by atoms with van der Waals surface area (Å²) in [7, 11) is 0. The largest absolute Gasteiger partial charge is 0.416 e. The molecule has 39 heavy (non-hydrogen) atoms. The molecule has 1 saturated carbocycles. The van der Waals surface area contributed by atoms with Crippen molar-refractivity contribution >= 4 is 5.91 Å². The minimum Gasteiger partial charge on any atom is -0.353 e. The number of carbonyl (C=O) groups is 1. The van der Waals surface area contributed by atoms with Crippen molar-refractivity contribution in [2.45, 2.75) is 50.4 Å². The van der Waals surface area contributed by atoms with Crippen LogP contribution in [0.4, 0.5) is 22.0 Å². The molecule has 1 aliphatic carbocycles. The number of hydrogen-bond donors (Lipinski definition) is 1. The predicted molar refractivity (Wildman–Crippen MR) is 139 cm³/mol. The molecule has 0 unspecified atom stereocenters. The summed E-state index contributed by atoms with van der Waals surface area (Å²) in [6, 6.07) is 17.8.